The van der Waals surface area contributed by atoms with Gasteiger partial charge < -0.3 is 0 Å². The van der Waals surface area contributed by atoms with Crippen LogP contribution in [-0.4, -0.2) is 27.7 Å². The zero-order valence-electron chi connectivity index (χ0n) is 5.08. The number of rotatable bonds is 0. The molecule has 9 heavy (non-hydrogen) atoms. The molecule has 0 bridgehead atoms. The largest absolute Gasteiger partial charge is 0.276 e. The lowest BCUT2D eigenvalue weighted by Gasteiger charge is -2.06. The van der Waals surface area contributed by atoms with Gasteiger partial charge in [0.25, 0.3) is 0 Å². The van der Waals surface area contributed by atoms with Crippen molar-refractivity contribution in [3.8, 4) is 0 Å². The van der Waals surface area contributed by atoms with Gasteiger partial charge in [-0.25, -0.2) is 4.21 Å². The van der Waals surface area contributed by atoms with Gasteiger partial charge in [0.2, 0.25) is 11.3 Å². The first-order valence-electron chi connectivity index (χ1n) is 3.20. The summed E-state index contributed by atoms with van der Waals surface area (Å²) in [4.78, 5) is 0. The first kappa shape index (κ1) is 5.82. The second-order valence-electron chi connectivity index (χ2n) is 2.44. The quantitative estimate of drug-likeness (QED) is 0.485. The standard InChI is InChI=1S/C5H9NO2S/c7-9-6-3-1-2-5(6)4-8-9/h5H,1-4H2. The summed E-state index contributed by atoms with van der Waals surface area (Å²) in [6, 6.07) is 0.464. The normalized spacial score (nSPS) is 43.6. The molecular formula is C5H9NO2S. The molecule has 3 nitrogen and oxygen atoms in total. The zero-order valence-corrected chi connectivity index (χ0v) is 5.89. The summed E-state index contributed by atoms with van der Waals surface area (Å²) in [6.45, 7) is 1.63. The van der Waals surface area contributed by atoms with Crippen LogP contribution in [0.3, 0.4) is 0 Å². The van der Waals surface area contributed by atoms with Crippen LogP contribution in [0.25, 0.3) is 0 Å². The van der Waals surface area contributed by atoms with E-state index in [0.717, 1.165) is 13.0 Å². The van der Waals surface area contributed by atoms with Crippen molar-refractivity contribution in [2.75, 3.05) is 13.2 Å². The van der Waals surface area contributed by atoms with Crippen LogP contribution >= 0.6 is 0 Å². The molecule has 0 N–H and O–H groups in total. The van der Waals surface area contributed by atoms with Crippen molar-refractivity contribution < 1.29 is 8.39 Å². The van der Waals surface area contributed by atoms with Crippen LogP contribution in [0, 0.1) is 0 Å². The summed E-state index contributed by atoms with van der Waals surface area (Å²) >= 11 is -1.09. The predicted octanol–water partition coefficient (Wildman–Crippen LogP) is 0.0597. The van der Waals surface area contributed by atoms with Gasteiger partial charge in [-0.2, -0.15) is 4.31 Å². The molecule has 0 amide bonds. The topological polar surface area (TPSA) is 29.5 Å². The Balaban J connectivity index is 2.15. The van der Waals surface area contributed by atoms with E-state index in [4.69, 9.17) is 4.18 Å². The Bertz CT molecular complexity index is 150. The molecule has 0 aromatic heterocycles. The van der Waals surface area contributed by atoms with Crippen molar-refractivity contribution in [3.05, 3.63) is 0 Å². The second kappa shape index (κ2) is 2.04. The minimum absolute atomic E-state index is 0.464. The maximum absolute atomic E-state index is 10.9. The average molecular weight is 147 g/mol. The van der Waals surface area contributed by atoms with Crippen LogP contribution in [0.5, 0.6) is 0 Å². The van der Waals surface area contributed by atoms with Gasteiger partial charge in [-0.15, -0.1) is 0 Å². The molecule has 0 aromatic carbocycles. The Kier molecular flexibility index (Phi) is 1.32. The van der Waals surface area contributed by atoms with Crippen LogP contribution < -0.4 is 0 Å². The molecule has 2 rings (SSSR count). The fourth-order valence-electron chi connectivity index (χ4n) is 1.38. The summed E-state index contributed by atoms with van der Waals surface area (Å²) in [7, 11) is 0. The third-order valence-corrected chi connectivity index (χ3v) is 3.08. The maximum atomic E-state index is 10.9. The van der Waals surface area contributed by atoms with Crippen molar-refractivity contribution >= 4 is 11.3 Å². The zero-order chi connectivity index (χ0) is 6.27. The van der Waals surface area contributed by atoms with E-state index in [1.54, 1.807) is 0 Å². The number of hydrogen-bond acceptors (Lipinski definition) is 2. The predicted molar refractivity (Wildman–Crippen MR) is 33.8 cm³/mol. The van der Waals surface area contributed by atoms with Gasteiger partial charge in [-0.05, 0) is 12.8 Å². The SMILES string of the molecule is O=S1OCC2CCCN21. The lowest BCUT2D eigenvalue weighted by molar-refractivity contribution is 0.340. The van der Waals surface area contributed by atoms with Crippen molar-refractivity contribution in [2.24, 2.45) is 0 Å². The van der Waals surface area contributed by atoms with Gasteiger partial charge in [0, 0.05) is 12.6 Å². The van der Waals surface area contributed by atoms with Crippen molar-refractivity contribution in [2.45, 2.75) is 18.9 Å². The lowest BCUT2D eigenvalue weighted by Crippen LogP contribution is -2.23. The fraction of sp³-hybridized carbons (Fsp3) is 1.00. The molecule has 2 saturated heterocycles. The molecule has 2 fully saturated rings. The highest BCUT2D eigenvalue weighted by molar-refractivity contribution is 7.78. The third-order valence-electron chi connectivity index (χ3n) is 1.88. The van der Waals surface area contributed by atoms with E-state index in [9.17, 15) is 4.21 Å². The monoisotopic (exact) mass is 147 g/mol. The molecule has 0 spiro atoms. The maximum Gasteiger partial charge on any atom is 0.237 e. The number of fused-ring (bicyclic) bond motifs is 1. The van der Waals surface area contributed by atoms with E-state index in [-0.39, 0.29) is 0 Å². The molecule has 0 aromatic rings. The Hall–Kier alpha value is 0.0700. The number of hydrogen-bond donors (Lipinski definition) is 0. The summed E-state index contributed by atoms with van der Waals surface area (Å²) in [6.07, 6.45) is 2.34. The third kappa shape index (κ3) is 0.818. The lowest BCUT2D eigenvalue weighted by atomic mass is 10.2. The van der Waals surface area contributed by atoms with Crippen LogP contribution in [0.1, 0.15) is 12.8 Å². The van der Waals surface area contributed by atoms with Crippen LogP contribution in [0.15, 0.2) is 0 Å². The molecule has 0 saturated carbocycles. The number of nitrogens with zero attached hydrogens (tertiary/aromatic N) is 1. The molecule has 2 unspecified atom stereocenters. The van der Waals surface area contributed by atoms with E-state index in [1.165, 1.54) is 6.42 Å². The second-order valence-corrected chi connectivity index (χ2v) is 3.58. The van der Waals surface area contributed by atoms with Gasteiger partial charge in [0.1, 0.15) is 0 Å². The summed E-state index contributed by atoms with van der Waals surface area (Å²) in [5.74, 6) is 0. The van der Waals surface area contributed by atoms with E-state index in [2.05, 4.69) is 0 Å². The van der Waals surface area contributed by atoms with E-state index < -0.39 is 11.3 Å². The first-order valence-corrected chi connectivity index (χ1v) is 4.23. The highest BCUT2D eigenvalue weighted by Gasteiger charge is 2.35. The van der Waals surface area contributed by atoms with Crippen molar-refractivity contribution in [3.63, 3.8) is 0 Å². The van der Waals surface area contributed by atoms with Crippen molar-refractivity contribution in [1.82, 2.24) is 4.31 Å². The van der Waals surface area contributed by atoms with Gasteiger partial charge >= 0.3 is 0 Å². The van der Waals surface area contributed by atoms with Crippen molar-refractivity contribution in [1.29, 1.82) is 0 Å². The highest BCUT2D eigenvalue weighted by atomic mass is 32.2. The van der Waals surface area contributed by atoms with Crippen LogP contribution in [0.2, 0.25) is 0 Å². The minimum atomic E-state index is -1.09. The Morgan fingerprint density at radius 3 is 3.33 bits per heavy atom. The smallest absolute Gasteiger partial charge is 0.237 e. The molecule has 52 valence electrons. The van der Waals surface area contributed by atoms with Gasteiger partial charge in [0.15, 0.2) is 0 Å². The fourth-order valence-corrected chi connectivity index (χ4v) is 2.47. The molecule has 2 aliphatic heterocycles. The average Bonchev–Trinajstić information content (AvgIpc) is 2.35. The Morgan fingerprint density at radius 1 is 1.67 bits per heavy atom. The summed E-state index contributed by atoms with van der Waals surface area (Å²) < 4.78 is 17.7. The summed E-state index contributed by atoms with van der Waals surface area (Å²) in [5.41, 5.74) is 0. The Labute approximate surface area is 56.8 Å². The van der Waals surface area contributed by atoms with E-state index >= 15 is 0 Å². The van der Waals surface area contributed by atoms with Crippen LogP contribution in [-0.2, 0) is 15.4 Å². The molecule has 2 atom stereocenters. The first-order chi connectivity index (χ1) is 4.38. The molecule has 4 heteroatoms. The molecule has 2 heterocycles. The molecular weight excluding hydrogens is 138 g/mol. The molecule has 0 radical (unpaired) electrons. The Morgan fingerprint density at radius 2 is 2.56 bits per heavy atom. The van der Waals surface area contributed by atoms with Crippen LogP contribution in [0.4, 0.5) is 0 Å². The van der Waals surface area contributed by atoms with Gasteiger partial charge in [-0.1, -0.05) is 0 Å². The van der Waals surface area contributed by atoms with E-state index in [1.807, 2.05) is 4.31 Å². The molecule has 2 aliphatic rings. The van der Waals surface area contributed by atoms with E-state index in [0.29, 0.717) is 12.6 Å². The highest BCUT2D eigenvalue weighted by Crippen LogP contribution is 2.25. The van der Waals surface area contributed by atoms with Gasteiger partial charge in [-0.3, -0.25) is 4.18 Å². The minimum Gasteiger partial charge on any atom is -0.276 e. The molecule has 0 aliphatic carbocycles. The van der Waals surface area contributed by atoms with Gasteiger partial charge in [0.05, 0.1) is 6.61 Å². The summed E-state index contributed by atoms with van der Waals surface area (Å²) in [5, 5.41) is 0.